The summed E-state index contributed by atoms with van der Waals surface area (Å²) in [5.41, 5.74) is 0.791. The molecule has 1 amide bonds. The van der Waals surface area contributed by atoms with Gasteiger partial charge >= 0.3 is 0 Å². The molecule has 4 rings (SSSR count). The third-order valence-corrected chi connectivity index (χ3v) is 7.05. The Morgan fingerprint density at radius 2 is 1.97 bits per heavy atom. The van der Waals surface area contributed by atoms with Crippen molar-refractivity contribution in [3.63, 3.8) is 0 Å². The van der Waals surface area contributed by atoms with Crippen LogP contribution in [0.4, 0.5) is 5.95 Å². The van der Waals surface area contributed by atoms with Crippen molar-refractivity contribution in [2.75, 3.05) is 37.6 Å². The Bertz CT molecular complexity index is 935. The quantitative estimate of drug-likeness (QED) is 0.651. The number of carbonyl (C=O) groups excluding carboxylic acids is 1. The Labute approximate surface area is 178 Å². The number of hydrogen-bond acceptors (Lipinski definition) is 8. The van der Waals surface area contributed by atoms with Gasteiger partial charge in [-0.15, -0.1) is 22.7 Å². The van der Waals surface area contributed by atoms with Crippen LogP contribution in [0.5, 0.6) is 0 Å². The average molecular weight is 429 g/mol. The molecule has 1 aliphatic heterocycles. The maximum absolute atomic E-state index is 12.8. The lowest BCUT2D eigenvalue weighted by molar-refractivity contribution is 0.0931. The fourth-order valence-corrected chi connectivity index (χ4v) is 5.19. The molecule has 1 unspecified atom stereocenters. The van der Waals surface area contributed by atoms with Crippen molar-refractivity contribution in [1.82, 2.24) is 25.2 Å². The summed E-state index contributed by atoms with van der Waals surface area (Å²) >= 11 is 3.11. The summed E-state index contributed by atoms with van der Waals surface area (Å²) in [6, 6.07) is 5.93. The predicted octanol–water partition coefficient (Wildman–Crippen LogP) is 2.91. The SMILES string of the molecule is Cc1nc(-c2cccs2)sc1C(=O)NC(C)CN1CCN(c2ncccn2)CC1. The fraction of sp³-hybridized carbons (Fsp3) is 0.400. The molecule has 0 saturated carbocycles. The lowest BCUT2D eigenvalue weighted by Crippen LogP contribution is -2.51. The number of hydrogen-bond donors (Lipinski definition) is 1. The predicted molar refractivity (Wildman–Crippen MR) is 118 cm³/mol. The molecule has 152 valence electrons. The van der Waals surface area contributed by atoms with Crippen LogP contribution in [0.25, 0.3) is 9.88 Å². The minimum atomic E-state index is -0.0355. The minimum Gasteiger partial charge on any atom is -0.348 e. The van der Waals surface area contributed by atoms with E-state index in [1.165, 1.54) is 11.3 Å². The Morgan fingerprint density at radius 3 is 2.66 bits per heavy atom. The molecule has 3 aromatic heterocycles. The zero-order chi connectivity index (χ0) is 20.2. The van der Waals surface area contributed by atoms with Gasteiger partial charge in [0.2, 0.25) is 5.95 Å². The van der Waals surface area contributed by atoms with E-state index in [1.54, 1.807) is 23.7 Å². The lowest BCUT2D eigenvalue weighted by atomic mass is 10.2. The molecule has 0 bridgehead atoms. The number of thiazole rings is 1. The average Bonchev–Trinajstić information content (AvgIpc) is 3.39. The van der Waals surface area contributed by atoms with Crippen molar-refractivity contribution in [1.29, 1.82) is 0 Å². The number of thiophene rings is 1. The standard InChI is InChI=1S/C20H24N6OS2/c1-14(13-25-8-10-26(11-9-25)20-21-6-4-7-22-20)23-18(27)17-15(2)24-19(29-17)16-5-3-12-28-16/h3-7,12,14H,8-11,13H2,1-2H3,(H,23,27). The third-order valence-electron chi connectivity index (χ3n) is 4.85. The van der Waals surface area contributed by atoms with Crippen LogP contribution in [0.2, 0.25) is 0 Å². The van der Waals surface area contributed by atoms with Gasteiger partial charge in [-0.1, -0.05) is 6.07 Å². The second-order valence-electron chi connectivity index (χ2n) is 7.12. The fourth-order valence-electron chi connectivity index (χ4n) is 3.42. The third kappa shape index (κ3) is 4.80. The summed E-state index contributed by atoms with van der Waals surface area (Å²) in [4.78, 5) is 32.4. The Morgan fingerprint density at radius 1 is 1.21 bits per heavy atom. The summed E-state index contributed by atoms with van der Waals surface area (Å²) in [5, 5.41) is 6.08. The number of nitrogens with one attached hydrogen (secondary N) is 1. The number of aryl methyl sites for hydroxylation is 1. The van der Waals surface area contributed by atoms with Crippen LogP contribution in [-0.4, -0.2) is 64.5 Å². The summed E-state index contributed by atoms with van der Waals surface area (Å²) in [5.74, 6) is 0.752. The molecule has 1 fully saturated rings. The van der Waals surface area contributed by atoms with Crippen molar-refractivity contribution >= 4 is 34.5 Å². The van der Waals surface area contributed by atoms with Gasteiger partial charge in [-0.3, -0.25) is 9.69 Å². The number of amides is 1. The Hall–Kier alpha value is -2.36. The summed E-state index contributed by atoms with van der Waals surface area (Å²) in [7, 11) is 0. The minimum absolute atomic E-state index is 0.0355. The zero-order valence-corrected chi connectivity index (χ0v) is 18.2. The molecule has 3 aromatic rings. The second-order valence-corrected chi connectivity index (χ2v) is 9.07. The molecule has 0 aromatic carbocycles. The highest BCUT2D eigenvalue weighted by atomic mass is 32.1. The van der Waals surface area contributed by atoms with Crippen molar-refractivity contribution in [2.24, 2.45) is 0 Å². The molecule has 1 aliphatic rings. The molecule has 29 heavy (non-hydrogen) atoms. The molecule has 4 heterocycles. The van der Waals surface area contributed by atoms with E-state index in [2.05, 4.69) is 37.0 Å². The van der Waals surface area contributed by atoms with Gasteiger partial charge in [0.05, 0.1) is 10.6 Å². The van der Waals surface area contributed by atoms with E-state index in [0.29, 0.717) is 4.88 Å². The van der Waals surface area contributed by atoms with Crippen LogP contribution in [0.3, 0.4) is 0 Å². The largest absolute Gasteiger partial charge is 0.348 e. The van der Waals surface area contributed by atoms with Crippen LogP contribution in [0.1, 0.15) is 22.3 Å². The Kier molecular flexibility index (Phi) is 6.17. The molecule has 0 spiro atoms. The van der Waals surface area contributed by atoms with Crippen molar-refractivity contribution in [3.8, 4) is 9.88 Å². The van der Waals surface area contributed by atoms with Crippen molar-refractivity contribution < 1.29 is 4.79 Å². The van der Waals surface area contributed by atoms with E-state index in [1.807, 2.05) is 30.5 Å². The molecule has 1 saturated heterocycles. The van der Waals surface area contributed by atoms with Gasteiger partial charge < -0.3 is 10.2 Å². The number of nitrogens with zero attached hydrogens (tertiary/aromatic N) is 5. The molecule has 1 atom stereocenters. The molecule has 1 N–H and O–H groups in total. The molecule has 9 heteroatoms. The molecule has 0 aliphatic carbocycles. The van der Waals surface area contributed by atoms with Crippen molar-refractivity contribution in [3.05, 3.63) is 46.5 Å². The van der Waals surface area contributed by atoms with Gasteiger partial charge in [0.1, 0.15) is 9.88 Å². The number of anilines is 1. The van der Waals surface area contributed by atoms with Crippen LogP contribution < -0.4 is 10.2 Å². The van der Waals surface area contributed by atoms with Gasteiger partial charge in [0, 0.05) is 51.2 Å². The maximum atomic E-state index is 12.8. The van der Waals surface area contributed by atoms with E-state index in [-0.39, 0.29) is 11.9 Å². The summed E-state index contributed by atoms with van der Waals surface area (Å²) < 4.78 is 0. The van der Waals surface area contributed by atoms with Gasteiger partial charge in [0.25, 0.3) is 5.91 Å². The highest BCUT2D eigenvalue weighted by molar-refractivity contribution is 7.22. The smallest absolute Gasteiger partial charge is 0.263 e. The zero-order valence-electron chi connectivity index (χ0n) is 16.5. The first kappa shape index (κ1) is 19.9. The number of aromatic nitrogens is 3. The first-order valence-electron chi connectivity index (χ1n) is 9.66. The highest BCUT2D eigenvalue weighted by Gasteiger charge is 2.22. The van der Waals surface area contributed by atoms with Crippen LogP contribution in [0, 0.1) is 6.92 Å². The van der Waals surface area contributed by atoms with Gasteiger partial charge in [-0.25, -0.2) is 15.0 Å². The monoisotopic (exact) mass is 428 g/mol. The number of carbonyl (C=O) groups is 1. The van der Waals surface area contributed by atoms with E-state index in [9.17, 15) is 4.79 Å². The lowest BCUT2D eigenvalue weighted by Gasteiger charge is -2.35. The van der Waals surface area contributed by atoms with Crippen LogP contribution in [0.15, 0.2) is 36.0 Å². The van der Waals surface area contributed by atoms with Crippen LogP contribution >= 0.6 is 22.7 Å². The number of rotatable bonds is 6. The summed E-state index contributed by atoms with van der Waals surface area (Å²) in [6.07, 6.45) is 3.55. The van der Waals surface area contributed by atoms with Crippen molar-refractivity contribution in [2.45, 2.75) is 19.9 Å². The first-order chi connectivity index (χ1) is 14.1. The van der Waals surface area contributed by atoms with E-state index in [4.69, 9.17) is 0 Å². The normalized spacial score (nSPS) is 16.0. The number of piperazine rings is 1. The molecule has 7 nitrogen and oxygen atoms in total. The molecule has 0 radical (unpaired) electrons. The van der Waals surface area contributed by atoms with E-state index < -0.39 is 0 Å². The Balaban J connectivity index is 1.29. The molecular formula is C20H24N6OS2. The molecular weight excluding hydrogens is 404 g/mol. The van der Waals surface area contributed by atoms with Gasteiger partial charge in [-0.05, 0) is 31.4 Å². The van der Waals surface area contributed by atoms with E-state index >= 15 is 0 Å². The topological polar surface area (TPSA) is 74.2 Å². The van der Waals surface area contributed by atoms with Crippen LogP contribution in [-0.2, 0) is 0 Å². The highest BCUT2D eigenvalue weighted by Crippen LogP contribution is 2.31. The van der Waals surface area contributed by atoms with Gasteiger partial charge in [0.15, 0.2) is 0 Å². The van der Waals surface area contributed by atoms with Gasteiger partial charge in [-0.2, -0.15) is 0 Å². The first-order valence-corrected chi connectivity index (χ1v) is 11.4. The summed E-state index contributed by atoms with van der Waals surface area (Å²) in [6.45, 7) is 8.43. The van der Waals surface area contributed by atoms with E-state index in [0.717, 1.165) is 54.3 Å². The maximum Gasteiger partial charge on any atom is 0.263 e. The second kappa shape index (κ2) is 8.98.